The summed E-state index contributed by atoms with van der Waals surface area (Å²) in [6.07, 6.45) is -1.25. The zero-order chi connectivity index (χ0) is 25.6. The van der Waals surface area contributed by atoms with Gasteiger partial charge in [-0.2, -0.15) is 18.3 Å². The number of thiazole rings is 1. The van der Waals surface area contributed by atoms with Gasteiger partial charge >= 0.3 is 6.18 Å². The number of alkyl halides is 3. The van der Waals surface area contributed by atoms with E-state index in [4.69, 9.17) is 0 Å². The molecule has 1 amide bonds. The molecule has 4 aromatic rings. The number of benzene rings is 1. The number of nitrogens with zero attached hydrogens (tertiary/aromatic N) is 7. The number of piperazine rings is 1. The molecule has 4 heterocycles. The first-order valence-electron chi connectivity index (χ1n) is 11.4. The molecule has 0 bridgehead atoms. The summed E-state index contributed by atoms with van der Waals surface area (Å²) in [6.45, 7) is 3.15. The van der Waals surface area contributed by atoms with Crippen LogP contribution >= 0.6 is 11.3 Å². The van der Waals surface area contributed by atoms with Crippen molar-refractivity contribution in [3.63, 3.8) is 0 Å². The second-order valence-electron chi connectivity index (χ2n) is 8.94. The van der Waals surface area contributed by atoms with Gasteiger partial charge in [-0.1, -0.05) is 11.3 Å². The van der Waals surface area contributed by atoms with Crippen molar-refractivity contribution in [1.29, 1.82) is 0 Å². The smallest absolute Gasteiger partial charge is 0.378 e. The van der Waals surface area contributed by atoms with Crippen LogP contribution < -0.4 is 9.80 Å². The topological polar surface area (TPSA) is 86.2 Å². The van der Waals surface area contributed by atoms with Gasteiger partial charge in [0.05, 0.1) is 11.0 Å². The molecule has 1 aromatic carbocycles. The third-order valence-corrected chi connectivity index (χ3v) is 7.31. The minimum Gasteiger partial charge on any atom is -0.378 e. The van der Waals surface area contributed by atoms with E-state index in [1.807, 2.05) is 49.0 Å². The fraction of sp³-hybridized carbons (Fsp3) is 0.391. The number of aromatic nitrogens is 5. The maximum atomic E-state index is 13.7. The largest absolute Gasteiger partial charge is 0.443 e. The van der Waals surface area contributed by atoms with Gasteiger partial charge in [-0.3, -0.25) is 9.48 Å². The lowest BCUT2D eigenvalue weighted by Gasteiger charge is -2.40. The van der Waals surface area contributed by atoms with Gasteiger partial charge in [-0.05, 0) is 31.2 Å². The molecule has 1 unspecified atom stereocenters. The Balaban J connectivity index is 1.44. The number of amides is 1. The Hall–Kier alpha value is -3.61. The molecule has 0 aliphatic carbocycles. The van der Waals surface area contributed by atoms with Crippen LogP contribution in [0.2, 0.25) is 0 Å². The first-order chi connectivity index (χ1) is 17.1. The summed E-state index contributed by atoms with van der Waals surface area (Å²) in [5.74, 6) is 0.202. The Morgan fingerprint density at radius 2 is 2.06 bits per heavy atom. The number of carbonyl (C=O) groups excluding carboxylic acids is 1. The minimum atomic E-state index is -4.57. The number of imidazole rings is 1. The van der Waals surface area contributed by atoms with E-state index in [1.54, 1.807) is 28.0 Å². The Labute approximate surface area is 209 Å². The molecule has 0 radical (unpaired) electrons. The molecule has 1 aliphatic rings. The highest BCUT2D eigenvalue weighted by Gasteiger charge is 2.39. The molecule has 1 saturated heterocycles. The maximum absolute atomic E-state index is 13.7. The van der Waals surface area contributed by atoms with E-state index < -0.39 is 11.2 Å². The Bertz CT molecular complexity index is 1380. The Morgan fingerprint density at radius 1 is 1.25 bits per heavy atom. The van der Waals surface area contributed by atoms with Crippen LogP contribution in [-0.4, -0.2) is 75.3 Å². The SMILES string of the molecule is CC1CN(c2sc(C(F)(F)F)nc2-c2nc3ccc(N(C)C)cc3[nH]2)CCN1C(=O)Cn1cccn1. The highest BCUT2D eigenvalue weighted by atomic mass is 32.1. The molecular formula is C23H25F3N8OS. The lowest BCUT2D eigenvalue weighted by molar-refractivity contribution is -0.137. The van der Waals surface area contributed by atoms with Crippen molar-refractivity contribution < 1.29 is 18.0 Å². The van der Waals surface area contributed by atoms with Crippen LogP contribution in [0.3, 0.4) is 0 Å². The number of carbonyl (C=O) groups is 1. The minimum absolute atomic E-state index is 0.0830. The summed E-state index contributed by atoms with van der Waals surface area (Å²) in [5.41, 5.74) is 2.46. The fourth-order valence-corrected chi connectivity index (χ4v) is 5.30. The normalized spacial score (nSPS) is 16.7. The molecule has 3 aromatic heterocycles. The van der Waals surface area contributed by atoms with Crippen molar-refractivity contribution in [2.75, 3.05) is 43.5 Å². The zero-order valence-electron chi connectivity index (χ0n) is 20.0. The second kappa shape index (κ2) is 9.12. The fourth-order valence-electron chi connectivity index (χ4n) is 4.33. The van der Waals surface area contributed by atoms with E-state index in [-0.39, 0.29) is 30.0 Å². The standard InChI is InChI=1S/C23H25F3N8OS/c1-14-12-32(9-10-34(14)18(35)13-33-8-4-7-27-33)21-19(30-22(36-21)23(24,25)26)20-28-16-6-5-15(31(2)3)11-17(16)29-20/h4-8,11,14H,9-10,12-13H2,1-3H3,(H,28,29). The average Bonchev–Trinajstić information content (AvgIpc) is 3.56. The quantitative estimate of drug-likeness (QED) is 0.434. The molecule has 13 heteroatoms. The van der Waals surface area contributed by atoms with Crippen molar-refractivity contribution in [2.24, 2.45) is 0 Å². The van der Waals surface area contributed by atoms with Gasteiger partial charge in [-0.15, -0.1) is 0 Å². The molecule has 190 valence electrons. The Morgan fingerprint density at radius 3 is 2.72 bits per heavy atom. The summed E-state index contributed by atoms with van der Waals surface area (Å²) in [6, 6.07) is 7.17. The van der Waals surface area contributed by atoms with E-state index in [9.17, 15) is 18.0 Å². The number of hydrogen-bond donors (Lipinski definition) is 1. The van der Waals surface area contributed by atoms with Crippen LogP contribution in [0.4, 0.5) is 23.9 Å². The van der Waals surface area contributed by atoms with Crippen molar-refractivity contribution in [3.05, 3.63) is 41.7 Å². The maximum Gasteiger partial charge on any atom is 0.443 e. The number of H-pyrrole nitrogens is 1. The first kappa shape index (κ1) is 24.1. The monoisotopic (exact) mass is 518 g/mol. The van der Waals surface area contributed by atoms with E-state index in [1.165, 1.54) is 0 Å². The zero-order valence-corrected chi connectivity index (χ0v) is 20.8. The lowest BCUT2D eigenvalue weighted by Crippen LogP contribution is -2.54. The molecule has 1 atom stereocenters. The highest BCUT2D eigenvalue weighted by molar-refractivity contribution is 7.16. The average molecular weight is 519 g/mol. The number of nitrogens with one attached hydrogen (secondary N) is 1. The summed E-state index contributed by atoms with van der Waals surface area (Å²) in [7, 11) is 3.82. The van der Waals surface area contributed by atoms with Gasteiger partial charge in [0.2, 0.25) is 10.9 Å². The third-order valence-electron chi connectivity index (χ3n) is 6.15. The van der Waals surface area contributed by atoms with Gasteiger partial charge in [0, 0.05) is 57.9 Å². The van der Waals surface area contributed by atoms with Crippen molar-refractivity contribution in [1.82, 2.24) is 29.6 Å². The summed E-state index contributed by atoms with van der Waals surface area (Å²) >= 11 is 0.605. The molecule has 36 heavy (non-hydrogen) atoms. The molecule has 9 nitrogen and oxygen atoms in total. The molecule has 0 spiro atoms. The van der Waals surface area contributed by atoms with Crippen LogP contribution in [0.15, 0.2) is 36.7 Å². The molecule has 5 rings (SSSR count). The van der Waals surface area contributed by atoms with Gasteiger partial charge in [-0.25, -0.2) is 9.97 Å². The number of anilines is 2. The van der Waals surface area contributed by atoms with E-state index in [0.29, 0.717) is 47.0 Å². The lowest BCUT2D eigenvalue weighted by atomic mass is 10.2. The summed E-state index contributed by atoms with van der Waals surface area (Å²) in [4.78, 5) is 30.0. The van der Waals surface area contributed by atoms with Gasteiger partial charge in [0.25, 0.3) is 0 Å². The van der Waals surface area contributed by atoms with Crippen LogP contribution in [0, 0.1) is 0 Å². The predicted octanol–water partition coefficient (Wildman–Crippen LogP) is 3.71. The number of fused-ring (bicyclic) bond motifs is 1. The molecule has 0 saturated carbocycles. The Kier molecular flexibility index (Phi) is 6.10. The second-order valence-corrected chi connectivity index (χ2v) is 9.92. The van der Waals surface area contributed by atoms with Crippen LogP contribution in [-0.2, 0) is 17.5 Å². The third kappa shape index (κ3) is 4.62. The molecule has 1 N–H and O–H groups in total. The van der Waals surface area contributed by atoms with Crippen LogP contribution in [0.25, 0.3) is 22.6 Å². The van der Waals surface area contributed by atoms with Gasteiger partial charge in [0.15, 0.2) is 5.82 Å². The molecule has 1 fully saturated rings. The molecular weight excluding hydrogens is 493 g/mol. The van der Waals surface area contributed by atoms with Gasteiger partial charge < -0.3 is 19.7 Å². The summed E-state index contributed by atoms with van der Waals surface area (Å²) in [5, 5.41) is 3.54. The van der Waals surface area contributed by atoms with E-state index >= 15 is 0 Å². The summed E-state index contributed by atoms with van der Waals surface area (Å²) < 4.78 is 42.6. The number of halogens is 3. The van der Waals surface area contributed by atoms with Crippen LogP contribution in [0.1, 0.15) is 11.9 Å². The first-order valence-corrected chi connectivity index (χ1v) is 12.2. The highest BCUT2D eigenvalue weighted by Crippen LogP contribution is 2.43. The van der Waals surface area contributed by atoms with Crippen molar-refractivity contribution in [2.45, 2.75) is 25.7 Å². The van der Waals surface area contributed by atoms with Crippen molar-refractivity contribution in [3.8, 4) is 11.5 Å². The number of aromatic amines is 1. The van der Waals surface area contributed by atoms with Crippen molar-refractivity contribution >= 4 is 39.0 Å². The van der Waals surface area contributed by atoms with E-state index in [0.717, 1.165) is 5.69 Å². The molecule has 1 aliphatic heterocycles. The van der Waals surface area contributed by atoms with E-state index in [2.05, 4.69) is 20.1 Å². The van der Waals surface area contributed by atoms with Crippen LogP contribution in [0.5, 0.6) is 0 Å². The predicted molar refractivity (Wildman–Crippen MR) is 132 cm³/mol. The van der Waals surface area contributed by atoms with Gasteiger partial charge in [0.1, 0.15) is 17.2 Å². The number of hydrogen-bond acceptors (Lipinski definition) is 7. The number of rotatable bonds is 5.